The molecule has 2 aliphatic rings. The number of nitrogens with one attached hydrogen (secondary N) is 1. The van der Waals surface area contributed by atoms with Gasteiger partial charge < -0.3 is 19.5 Å². The van der Waals surface area contributed by atoms with Gasteiger partial charge in [0.2, 0.25) is 0 Å². The number of aromatic carboxylic acids is 1. The fraction of sp³-hybridized carbons (Fsp3) is 0.333. The van der Waals surface area contributed by atoms with Gasteiger partial charge in [-0.25, -0.2) is 14.8 Å². The van der Waals surface area contributed by atoms with E-state index in [2.05, 4.69) is 20.4 Å². The van der Waals surface area contributed by atoms with Crippen LogP contribution in [0.25, 0.3) is 21.3 Å². The number of anilines is 2. The minimum absolute atomic E-state index is 0.0397. The summed E-state index contributed by atoms with van der Waals surface area (Å²) in [5.74, 6) is -0.844. The van der Waals surface area contributed by atoms with E-state index < -0.39 is 11.6 Å². The number of ether oxygens (including phenoxy) is 1. The number of pyridine rings is 1. The monoisotopic (exact) mass is 664 g/mol. The average Bonchev–Trinajstić information content (AvgIpc) is 3.68. The summed E-state index contributed by atoms with van der Waals surface area (Å²) in [4.78, 5) is 48.4. The van der Waals surface area contributed by atoms with Gasteiger partial charge in [-0.05, 0) is 67.6 Å². The van der Waals surface area contributed by atoms with E-state index >= 15 is 0 Å². The molecule has 7 rings (SSSR count). The van der Waals surface area contributed by atoms with Crippen LogP contribution in [0.15, 0.2) is 60.8 Å². The number of nitrogens with zero attached hydrogens (tertiary/aromatic N) is 5. The Morgan fingerprint density at radius 1 is 1.04 bits per heavy atom. The minimum atomic E-state index is -1.13. The van der Waals surface area contributed by atoms with Crippen molar-refractivity contribution >= 4 is 50.7 Å². The summed E-state index contributed by atoms with van der Waals surface area (Å²) in [5.41, 5.74) is 4.80. The number of thiazole rings is 1. The highest BCUT2D eigenvalue weighted by Crippen LogP contribution is 2.36. The third kappa shape index (κ3) is 6.20. The summed E-state index contributed by atoms with van der Waals surface area (Å²) < 4.78 is 8.91. The van der Waals surface area contributed by atoms with Crippen LogP contribution in [0.5, 0.6) is 0 Å². The lowest BCUT2D eigenvalue weighted by atomic mass is 9.84. The topological polar surface area (TPSA) is 140 Å². The second-order valence-corrected chi connectivity index (χ2v) is 13.5. The zero-order valence-corrected chi connectivity index (χ0v) is 27.5. The molecule has 246 valence electrons. The van der Waals surface area contributed by atoms with Gasteiger partial charge in [0.1, 0.15) is 18.7 Å². The number of benzene rings is 2. The molecule has 2 aromatic carbocycles. The van der Waals surface area contributed by atoms with E-state index in [4.69, 9.17) is 4.74 Å². The van der Waals surface area contributed by atoms with Crippen molar-refractivity contribution in [1.29, 1.82) is 0 Å². The number of carbonyl (C=O) groups is 3. The lowest BCUT2D eigenvalue weighted by Gasteiger charge is -2.37. The number of aldehydes is 1. The van der Waals surface area contributed by atoms with Crippen molar-refractivity contribution in [2.45, 2.75) is 64.1 Å². The van der Waals surface area contributed by atoms with Crippen LogP contribution >= 0.6 is 11.3 Å². The number of hydrogen-bond acceptors (Lipinski definition) is 9. The van der Waals surface area contributed by atoms with Gasteiger partial charge in [0.25, 0.3) is 5.91 Å². The average molecular weight is 665 g/mol. The third-order valence-electron chi connectivity index (χ3n) is 9.49. The molecular weight excluding hydrogens is 629 g/mol. The van der Waals surface area contributed by atoms with E-state index in [9.17, 15) is 19.5 Å². The highest BCUT2D eigenvalue weighted by atomic mass is 32.1. The van der Waals surface area contributed by atoms with Gasteiger partial charge in [0.05, 0.1) is 28.6 Å². The number of rotatable bonds is 10. The second-order valence-electron chi connectivity index (χ2n) is 12.4. The predicted octanol–water partition coefficient (Wildman–Crippen LogP) is 6.29. The highest BCUT2D eigenvalue weighted by Gasteiger charge is 2.35. The number of carboxylic acid groups (broad SMARTS) is 1. The van der Waals surface area contributed by atoms with Crippen molar-refractivity contribution in [2.75, 3.05) is 23.4 Å². The van der Waals surface area contributed by atoms with E-state index in [0.29, 0.717) is 53.7 Å². The molecule has 0 saturated heterocycles. The standard InChI is InChI=1S/C36H36N6O5S/c1-23-27(20-37-42(23)22-36(47-19-18-43)15-5-2-6-16-36)25-12-13-31(39-32(25)34(45)46)41-17-14-24-8-7-9-26(28(24)21-41)33(44)40-35-38-29-10-3-4-11-30(29)48-35/h3-4,7-13,18,20H,2,5-6,14-17,19,21-22H2,1H3,(H,45,46)(H,38,40,44). The quantitative estimate of drug-likeness (QED) is 0.165. The number of para-hydroxylation sites is 1. The maximum absolute atomic E-state index is 13.5. The third-order valence-corrected chi connectivity index (χ3v) is 10.4. The number of carboxylic acids is 1. The highest BCUT2D eigenvalue weighted by molar-refractivity contribution is 7.22. The molecular formula is C36H36N6O5S. The van der Waals surface area contributed by atoms with Gasteiger partial charge >= 0.3 is 5.97 Å². The zero-order valence-electron chi connectivity index (χ0n) is 26.6. The molecule has 1 fully saturated rings. The second kappa shape index (κ2) is 13.3. The first-order valence-corrected chi connectivity index (χ1v) is 17.0. The fourth-order valence-corrected chi connectivity index (χ4v) is 7.84. The van der Waals surface area contributed by atoms with Gasteiger partial charge in [-0.15, -0.1) is 0 Å². The molecule has 1 aliphatic carbocycles. The van der Waals surface area contributed by atoms with Crippen LogP contribution in [0.1, 0.15) is 69.8 Å². The molecule has 4 heterocycles. The van der Waals surface area contributed by atoms with E-state index in [0.717, 1.165) is 65.4 Å². The van der Waals surface area contributed by atoms with E-state index in [1.54, 1.807) is 12.3 Å². The number of amides is 1. The van der Waals surface area contributed by atoms with Crippen molar-refractivity contribution in [3.05, 3.63) is 88.9 Å². The SMILES string of the molecule is Cc1c(-c2ccc(N3CCc4cccc(C(=O)Nc5nc6ccccc6s5)c4C3)nc2C(=O)O)cnn1CC1(OCC=O)CCCCC1. The summed E-state index contributed by atoms with van der Waals surface area (Å²) in [5, 5.41) is 18.4. The largest absolute Gasteiger partial charge is 0.476 e. The Labute approximate surface area is 281 Å². The Balaban J connectivity index is 1.13. The molecule has 2 N–H and O–H groups in total. The molecule has 3 aromatic heterocycles. The van der Waals surface area contributed by atoms with E-state index in [-0.39, 0.29) is 18.2 Å². The van der Waals surface area contributed by atoms with Crippen molar-refractivity contribution in [1.82, 2.24) is 19.7 Å². The zero-order chi connectivity index (χ0) is 33.3. The first kappa shape index (κ1) is 31.6. The molecule has 1 aliphatic heterocycles. The minimum Gasteiger partial charge on any atom is -0.476 e. The first-order valence-electron chi connectivity index (χ1n) is 16.2. The van der Waals surface area contributed by atoms with Crippen LogP contribution < -0.4 is 10.2 Å². The van der Waals surface area contributed by atoms with E-state index in [1.165, 1.54) is 11.3 Å². The van der Waals surface area contributed by atoms with Crippen LogP contribution in [0, 0.1) is 6.92 Å². The van der Waals surface area contributed by atoms with Gasteiger partial charge in [-0.3, -0.25) is 14.8 Å². The maximum Gasteiger partial charge on any atom is 0.355 e. The number of fused-ring (bicyclic) bond motifs is 2. The van der Waals surface area contributed by atoms with Gasteiger partial charge in [0, 0.05) is 35.5 Å². The summed E-state index contributed by atoms with van der Waals surface area (Å²) in [6.07, 6.45) is 8.02. The lowest BCUT2D eigenvalue weighted by Crippen LogP contribution is -2.40. The van der Waals surface area contributed by atoms with Crippen LogP contribution in [-0.4, -0.2) is 61.8 Å². The molecule has 0 unspecified atom stereocenters. The maximum atomic E-state index is 13.5. The van der Waals surface area contributed by atoms with Crippen LogP contribution in [0.4, 0.5) is 10.9 Å². The Kier molecular flexibility index (Phi) is 8.76. The molecule has 1 amide bonds. The molecule has 0 atom stereocenters. The summed E-state index contributed by atoms with van der Waals surface area (Å²) >= 11 is 1.43. The van der Waals surface area contributed by atoms with Crippen molar-refractivity contribution in [2.24, 2.45) is 0 Å². The van der Waals surface area contributed by atoms with Gasteiger partial charge in [-0.2, -0.15) is 5.10 Å². The predicted molar refractivity (Wildman–Crippen MR) is 184 cm³/mol. The molecule has 0 radical (unpaired) electrons. The Hall–Kier alpha value is -4.94. The molecule has 5 aromatic rings. The molecule has 11 nitrogen and oxygen atoms in total. The summed E-state index contributed by atoms with van der Waals surface area (Å²) in [7, 11) is 0. The molecule has 12 heteroatoms. The smallest absolute Gasteiger partial charge is 0.355 e. The van der Waals surface area contributed by atoms with Crippen molar-refractivity contribution < 1.29 is 24.2 Å². The lowest BCUT2D eigenvalue weighted by molar-refractivity contribution is -0.125. The summed E-state index contributed by atoms with van der Waals surface area (Å²) in [6.45, 7) is 3.48. The Bertz CT molecular complexity index is 1980. The number of hydrogen-bond donors (Lipinski definition) is 2. The molecule has 0 bridgehead atoms. The normalized spacial score (nSPS) is 15.6. The molecule has 0 spiro atoms. The van der Waals surface area contributed by atoms with E-state index in [1.807, 2.05) is 65.0 Å². The Morgan fingerprint density at radius 2 is 1.88 bits per heavy atom. The number of carbonyl (C=O) groups excluding carboxylic acids is 2. The first-order chi connectivity index (χ1) is 23.3. The van der Waals surface area contributed by atoms with Crippen molar-refractivity contribution in [3.8, 4) is 11.1 Å². The van der Waals surface area contributed by atoms with Crippen LogP contribution in [0.2, 0.25) is 0 Å². The fourth-order valence-electron chi connectivity index (χ4n) is 6.98. The summed E-state index contributed by atoms with van der Waals surface area (Å²) in [6, 6.07) is 17.1. The van der Waals surface area contributed by atoms with Gasteiger partial charge in [-0.1, -0.05) is 54.9 Å². The Morgan fingerprint density at radius 3 is 2.67 bits per heavy atom. The molecule has 1 saturated carbocycles. The van der Waals surface area contributed by atoms with Gasteiger partial charge in [0.15, 0.2) is 10.8 Å². The van der Waals surface area contributed by atoms with Crippen LogP contribution in [0.3, 0.4) is 0 Å². The van der Waals surface area contributed by atoms with Crippen LogP contribution in [-0.2, 0) is 29.0 Å². The molecule has 48 heavy (non-hydrogen) atoms. The van der Waals surface area contributed by atoms with Crippen molar-refractivity contribution in [3.63, 3.8) is 0 Å². The number of aromatic nitrogens is 4.